The first kappa shape index (κ1) is 51.2. The van der Waals surface area contributed by atoms with Crippen molar-refractivity contribution in [2.24, 2.45) is 0 Å². The summed E-state index contributed by atoms with van der Waals surface area (Å²) in [5.41, 5.74) is -2.01. The third-order valence-electron chi connectivity index (χ3n) is 13.8. The van der Waals surface area contributed by atoms with Gasteiger partial charge in [0.05, 0.1) is 39.0 Å². The molecule has 388 valence electrons. The van der Waals surface area contributed by atoms with E-state index >= 15 is 4.39 Å². The Hall–Kier alpha value is -8.91. The second-order valence-corrected chi connectivity index (χ2v) is 18.6. The molecule has 11 rings (SSSR count). The Balaban J connectivity index is 1.20. The Bertz CT molecular complexity index is 3750. The van der Waals surface area contributed by atoms with Gasteiger partial charge in [0.2, 0.25) is 0 Å². The molecule has 14 heteroatoms. The van der Waals surface area contributed by atoms with Gasteiger partial charge in [-0.2, -0.15) is 52.7 Å². The van der Waals surface area contributed by atoms with Crippen LogP contribution in [-0.4, -0.2) is 4.57 Å². The highest BCUT2D eigenvalue weighted by molar-refractivity contribution is 6.12. The first-order chi connectivity index (χ1) is 37.1. The molecule has 0 unspecified atom stereocenters. The molecule has 0 N–H and O–H groups in total. The summed E-state index contributed by atoms with van der Waals surface area (Å²) in [4.78, 5) is 0. The summed E-state index contributed by atoms with van der Waals surface area (Å²) in [7, 11) is 0. The number of para-hydroxylation sites is 1. The van der Waals surface area contributed by atoms with Gasteiger partial charge in [-0.15, -0.1) is 0 Å². The van der Waals surface area contributed by atoms with Gasteiger partial charge in [-0.1, -0.05) is 121 Å². The SMILES string of the molecule is Fc1ccccc1-c1ccccc1-n1c2ccc(-c3cc(-c4ccccc4C(F)(F)F)cc(-c4ccccc4C(F)(F)F)c3)cc2c2cc(-c3cc(-c4ccccc4C(F)(F)F)cc(-c4ccccc4C(F)(F)F)c3)ccc21. The molecule has 11 aromatic rings. The normalized spacial score (nSPS) is 12.4. The van der Waals surface area contributed by atoms with Crippen LogP contribution in [0.4, 0.5) is 57.1 Å². The van der Waals surface area contributed by atoms with Crippen LogP contribution in [0.3, 0.4) is 0 Å². The largest absolute Gasteiger partial charge is 0.417 e. The van der Waals surface area contributed by atoms with Crippen molar-refractivity contribution in [1.29, 1.82) is 0 Å². The zero-order chi connectivity index (χ0) is 54.9. The van der Waals surface area contributed by atoms with Crippen LogP contribution >= 0.6 is 0 Å². The molecule has 0 aliphatic carbocycles. The molecule has 0 amide bonds. The third kappa shape index (κ3) is 9.56. The average Bonchev–Trinajstić information content (AvgIpc) is 3.90. The Morgan fingerprint density at radius 1 is 0.244 bits per heavy atom. The Morgan fingerprint density at radius 2 is 0.526 bits per heavy atom. The quantitative estimate of drug-likeness (QED) is 0.134. The number of fused-ring (bicyclic) bond motifs is 3. The Morgan fingerprint density at radius 3 is 0.859 bits per heavy atom. The number of hydrogen-bond acceptors (Lipinski definition) is 0. The molecule has 10 aromatic carbocycles. The lowest BCUT2D eigenvalue weighted by atomic mass is 9.89. The van der Waals surface area contributed by atoms with Crippen molar-refractivity contribution < 1.29 is 57.1 Å². The summed E-state index contributed by atoms with van der Waals surface area (Å²) in [6.45, 7) is 0. The van der Waals surface area contributed by atoms with Gasteiger partial charge < -0.3 is 4.57 Å². The van der Waals surface area contributed by atoms with Gasteiger partial charge in [-0.3, -0.25) is 0 Å². The lowest BCUT2D eigenvalue weighted by Crippen LogP contribution is -2.08. The second-order valence-electron chi connectivity index (χ2n) is 18.6. The van der Waals surface area contributed by atoms with Gasteiger partial charge in [-0.25, -0.2) is 4.39 Å². The molecule has 1 heterocycles. The van der Waals surface area contributed by atoms with Crippen molar-refractivity contribution in [3.05, 3.63) is 246 Å². The van der Waals surface area contributed by atoms with Gasteiger partial charge in [0.15, 0.2) is 0 Å². The van der Waals surface area contributed by atoms with E-state index in [4.69, 9.17) is 0 Å². The molecule has 1 aromatic heterocycles. The molecule has 0 fully saturated rings. The highest BCUT2D eigenvalue weighted by Crippen LogP contribution is 2.47. The summed E-state index contributed by atoms with van der Waals surface area (Å²) < 4.78 is 194. The summed E-state index contributed by atoms with van der Waals surface area (Å²) in [6.07, 6.45) is -19.4. The molecule has 0 radical (unpaired) electrons. The number of nitrogens with zero attached hydrogens (tertiary/aromatic N) is 1. The van der Waals surface area contributed by atoms with E-state index in [0.29, 0.717) is 44.2 Å². The van der Waals surface area contributed by atoms with E-state index in [1.807, 2.05) is 4.57 Å². The van der Waals surface area contributed by atoms with Crippen LogP contribution in [0, 0.1) is 5.82 Å². The predicted octanol–water partition coefficient (Wildman–Crippen LogP) is 20.7. The summed E-state index contributed by atoms with van der Waals surface area (Å²) in [5, 5.41) is 0.930. The predicted molar refractivity (Wildman–Crippen MR) is 279 cm³/mol. The van der Waals surface area contributed by atoms with Crippen molar-refractivity contribution in [3.63, 3.8) is 0 Å². The van der Waals surface area contributed by atoms with Gasteiger partial charge in [-0.05, 0) is 164 Å². The standard InChI is InChI=1S/C64H36F13N/c65-57-23-11-5-17-49(57)50-18-6-12-24-58(50)78-59-27-25-37(39-29-41(45-13-1-7-19-53(45)61(66,67)68)33-42(30-39)46-14-2-8-20-54(46)62(69,70)71)35-51(59)52-36-38(26-28-60(52)78)40-31-43(47-15-3-9-21-55(47)63(72,73)74)34-44(32-40)48-16-4-10-22-56(48)64(75,76)77/h1-36H. The molecule has 0 atom stereocenters. The molecule has 0 bridgehead atoms. The van der Waals surface area contributed by atoms with E-state index in [9.17, 15) is 52.7 Å². The monoisotopic (exact) mass is 1070 g/mol. The molecule has 0 aliphatic rings. The van der Waals surface area contributed by atoms with Crippen molar-refractivity contribution in [2.75, 3.05) is 0 Å². The highest BCUT2D eigenvalue weighted by Gasteiger charge is 2.37. The second kappa shape index (κ2) is 19.3. The molecule has 0 spiro atoms. The minimum absolute atomic E-state index is 0.0362. The van der Waals surface area contributed by atoms with Crippen LogP contribution < -0.4 is 0 Å². The molecule has 0 saturated heterocycles. The lowest BCUT2D eigenvalue weighted by molar-refractivity contribution is -0.137. The lowest BCUT2D eigenvalue weighted by Gasteiger charge is -2.18. The molecular formula is C64H36F13N. The molecular weight excluding hydrogens is 1030 g/mol. The smallest absolute Gasteiger partial charge is 0.309 e. The zero-order valence-corrected chi connectivity index (χ0v) is 40.1. The minimum Gasteiger partial charge on any atom is -0.309 e. The van der Waals surface area contributed by atoms with E-state index in [-0.39, 0.29) is 61.2 Å². The highest BCUT2D eigenvalue weighted by atomic mass is 19.4. The third-order valence-corrected chi connectivity index (χ3v) is 13.8. The van der Waals surface area contributed by atoms with Crippen molar-refractivity contribution >= 4 is 21.8 Å². The minimum atomic E-state index is -4.85. The van der Waals surface area contributed by atoms with E-state index < -0.39 is 52.8 Å². The van der Waals surface area contributed by atoms with Gasteiger partial charge in [0.25, 0.3) is 0 Å². The van der Waals surface area contributed by atoms with Crippen molar-refractivity contribution in [2.45, 2.75) is 24.7 Å². The molecule has 78 heavy (non-hydrogen) atoms. The number of alkyl halides is 12. The van der Waals surface area contributed by atoms with Gasteiger partial charge in [0, 0.05) is 21.9 Å². The maximum Gasteiger partial charge on any atom is 0.417 e. The fourth-order valence-corrected chi connectivity index (χ4v) is 10.4. The van der Waals surface area contributed by atoms with Crippen molar-refractivity contribution in [3.8, 4) is 83.6 Å². The van der Waals surface area contributed by atoms with Crippen LogP contribution in [0.5, 0.6) is 0 Å². The molecule has 0 saturated carbocycles. The molecule has 0 aliphatic heterocycles. The van der Waals surface area contributed by atoms with E-state index in [0.717, 1.165) is 24.3 Å². The Labute approximate surface area is 436 Å². The van der Waals surface area contributed by atoms with Crippen LogP contribution in [-0.2, 0) is 24.7 Å². The number of halogens is 13. The van der Waals surface area contributed by atoms with Crippen LogP contribution in [0.25, 0.3) is 105 Å². The van der Waals surface area contributed by atoms with Gasteiger partial charge in [0.1, 0.15) is 5.82 Å². The van der Waals surface area contributed by atoms with Crippen LogP contribution in [0.1, 0.15) is 22.3 Å². The van der Waals surface area contributed by atoms with Crippen molar-refractivity contribution in [1.82, 2.24) is 4.57 Å². The topological polar surface area (TPSA) is 4.93 Å². The first-order valence-corrected chi connectivity index (χ1v) is 24.0. The maximum absolute atomic E-state index is 15.7. The summed E-state index contributed by atoms with van der Waals surface area (Å²) in [5.74, 6) is -0.528. The van der Waals surface area contributed by atoms with E-state index in [1.54, 1.807) is 78.9 Å². The van der Waals surface area contributed by atoms with Crippen LogP contribution in [0.2, 0.25) is 0 Å². The summed E-state index contributed by atoms with van der Waals surface area (Å²) in [6, 6.07) is 50.4. The number of benzene rings is 10. The number of hydrogen-bond donors (Lipinski definition) is 0. The Kier molecular flexibility index (Phi) is 12.7. The first-order valence-electron chi connectivity index (χ1n) is 24.0. The fourth-order valence-electron chi connectivity index (χ4n) is 10.4. The zero-order valence-electron chi connectivity index (χ0n) is 40.1. The van der Waals surface area contributed by atoms with Gasteiger partial charge >= 0.3 is 24.7 Å². The fraction of sp³-hybridized carbons (Fsp3) is 0.0625. The average molecular weight is 1070 g/mol. The summed E-state index contributed by atoms with van der Waals surface area (Å²) >= 11 is 0. The number of aromatic nitrogens is 1. The number of rotatable bonds is 8. The van der Waals surface area contributed by atoms with Crippen LogP contribution in [0.15, 0.2) is 218 Å². The molecule has 1 nitrogen and oxygen atoms in total. The maximum atomic E-state index is 15.7. The van der Waals surface area contributed by atoms with E-state index in [2.05, 4.69) is 0 Å². The van der Waals surface area contributed by atoms with E-state index in [1.165, 1.54) is 115 Å².